The Morgan fingerprint density at radius 1 is 1.26 bits per heavy atom. The minimum absolute atomic E-state index is 0.430. The van der Waals surface area contributed by atoms with Gasteiger partial charge in [-0.2, -0.15) is 5.10 Å². The highest BCUT2D eigenvalue weighted by Gasteiger charge is 2.30. The average Bonchev–Trinajstić information content (AvgIpc) is 3.07. The molecular weight excluding hydrogens is 290 g/mol. The molecule has 1 fully saturated rings. The number of nitrogens with two attached hydrogens (primary N) is 1. The van der Waals surface area contributed by atoms with Crippen molar-refractivity contribution in [1.29, 1.82) is 0 Å². The third-order valence-electron chi connectivity index (χ3n) is 4.15. The van der Waals surface area contributed by atoms with Crippen LogP contribution in [0.3, 0.4) is 0 Å². The van der Waals surface area contributed by atoms with Gasteiger partial charge in [-0.05, 0) is 37.8 Å². The lowest BCUT2D eigenvalue weighted by molar-refractivity contribution is 0.355. The van der Waals surface area contributed by atoms with Crippen molar-refractivity contribution in [2.75, 3.05) is 0 Å². The minimum atomic E-state index is -0.716. The predicted molar refractivity (Wildman–Crippen MR) is 85.5 cm³/mol. The second-order valence-electron chi connectivity index (χ2n) is 6.47. The van der Waals surface area contributed by atoms with Crippen LogP contribution < -0.4 is 5.73 Å². The van der Waals surface area contributed by atoms with E-state index in [2.05, 4.69) is 20.4 Å². The van der Waals surface area contributed by atoms with E-state index in [4.69, 9.17) is 10.2 Å². The van der Waals surface area contributed by atoms with Gasteiger partial charge in [-0.15, -0.1) is 10.2 Å². The minimum Gasteiger partial charge on any atom is -0.417 e. The van der Waals surface area contributed by atoms with Gasteiger partial charge in [0.15, 0.2) is 0 Å². The molecule has 1 aliphatic rings. The topological polar surface area (TPSA) is 93.6 Å². The molecule has 1 atom stereocenters. The molecule has 2 heterocycles. The van der Waals surface area contributed by atoms with Crippen molar-refractivity contribution in [3.05, 3.63) is 53.5 Å². The molecule has 0 unspecified atom stereocenters. The van der Waals surface area contributed by atoms with Crippen LogP contribution in [-0.2, 0) is 12.0 Å². The van der Waals surface area contributed by atoms with Crippen LogP contribution in [-0.4, -0.2) is 20.4 Å². The number of aromatic amines is 1. The van der Waals surface area contributed by atoms with Gasteiger partial charge in [-0.1, -0.05) is 30.3 Å². The van der Waals surface area contributed by atoms with Crippen molar-refractivity contribution in [1.82, 2.24) is 20.4 Å². The number of rotatable bonds is 5. The highest BCUT2D eigenvalue weighted by molar-refractivity contribution is 5.47. The van der Waals surface area contributed by atoms with Crippen molar-refractivity contribution in [3.63, 3.8) is 0 Å². The molecule has 2 aromatic heterocycles. The first-order valence-electron chi connectivity index (χ1n) is 7.84. The molecule has 4 rings (SSSR count). The van der Waals surface area contributed by atoms with Crippen molar-refractivity contribution in [2.24, 2.45) is 5.73 Å². The standard InChI is InChI=1S/C17H19N5O/c1-17(18,10-11-5-3-2-4-6-11)16-22-21-15(23-16)14-9-13(19-20-14)12-7-8-12/h2-6,9,12H,7-8,10,18H2,1H3,(H,19,20)/t17-/m1/s1. The molecular formula is C17H19N5O. The van der Waals surface area contributed by atoms with Crippen molar-refractivity contribution < 1.29 is 4.42 Å². The van der Waals surface area contributed by atoms with Crippen LogP contribution in [0.25, 0.3) is 11.6 Å². The summed E-state index contributed by atoms with van der Waals surface area (Å²) in [6.07, 6.45) is 3.04. The Labute approximate surface area is 134 Å². The first-order valence-corrected chi connectivity index (χ1v) is 7.84. The number of nitrogens with one attached hydrogen (secondary N) is 1. The molecule has 1 aromatic carbocycles. The molecule has 23 heavy (non-hydrogen) atoms. The van der Waals surface area contributed by atoms with E-state index in [0.717, 1.165) is 17.0 Å². The smallest absolute Gasteiger partial charge is 0.265 e. The normalized spacial score (nSPS) is 17.1. The number of hydrogen-bond donors (Lipinski definition) is 2. The van der Waals surface area contributed by atoms with E-state index in [0.29, 0.717) is 24.1 Å². The van der Waals surface area contributed by atoms with Crippen molar-refractivity contribution in [2.45, 2.75) is 37.6 Å². The van der Waals surface area contributed by atoms with Crippen LogP contribution in [0.2, 0.25) is 0 Å². The molecule has 6 nitrogen and oxygen atoms in total. The molecule has 0 saturated heterocycles. The largest absolute Gasteiger partial charge is 0.417 e. The van der Waals surface area contributed by atoms with Crippen LogP contribution in [0, 0.1) is 0 Å². The number of hydrogen-bond acceptors (Lipinski definition) is 5. The molecule has 3 aromatic rings. The fourth-order valence-corrected chi connectivity index (χ4v) is 2.69. The van der Waals surface area contributed by atoms with E-state index in [1.54, 1.807) is 0 Å². The molecule has 0 bridgehead atoms. The Bertz CT molecular complexity index is 801. The van der Waals surface area contributed by atoms with E-state index < -0.39 is 5.54 Å². The fraction of sp³-hybridized carbons (Fsp3) is 0.353. The van der Waals surface area contributed by atoms with E-state index in [9.17, 15) is 0 Å². The third-order valence-corrected chi connectivity index (χ3v) is 4.15. The highest BCUT2D eigenvalue weighted by Crippen LogP contribution is 2.39. The van der Waals surface area contributed by atoms with Crippen LogP contribution in [0.15, 0.2) is 40.8 Å². The van der Waals surface area contributed by atoms with Gasteiger partial charge in [-0.25, -0.2) is 0 Å². The second-order valence-corrected chi connectivity index (χ2v) is 6.47. The van der Waals surface area contributed by atoms with Crippen molar-refractivity contribution >= 4 is 0 Å². The first-order chi connectivity index (χ1) is 11.1. The van der Waals surface area contributed by atoms with E-state index in [-0.39, 0.29) is 0 Å². The van der Waals surface area contributed by atoms with Gasteiger partial charge in [0.05, 0.1) is 11.2 Å². The third kappa shape index (κ3) is 2.90. The Hall–Kier alpha value is -2.47. The summed E-state index contributed by atoms with van der Waals surface area (Å²) < 4.78 is 5.80. The van der Waals surface area contributed by atoms with E-state index >= 15 is 0 Å². The zero-order chi connectivity index (χ0) is 15.9. The second kappa shape index (κ2) is 5.31. The first kappa shape index (κ1) is 14.1. The summed E-state index contributed by atoms with van der Waals surface area (Å²) in [6.45, 7) is 1.90. The Balaban J connectivity index is 1.56. The number of aromatic nitrogens is 4. The van der Waals surface area contributed by atoms with Crippen LogP contribution in [0.1, 0.15) is 42.8 Å². The lowest BCUT2D eigenvalue weighted by Gasteiger charge is -2.19. The summed E-state index contributed by atoms with van der Waals surface area (Å²) >= 11 is 0. The Morgan fingerprint density at radius 2 is 2.04 bits per heavy atom. The molecule has 6 heteroatoms. The van der Waals surface area contributed by atoms with Gasteiger partial charge in [0.2, 0.25) is 5.89 Å². The summed E-state index contributed by atoms with van der Waals surface area (Å²) in [5, 5.41) is 15.5. The quantitative estimate of drug-likeness (QED) is 0.756. The van der Waals surface area contributed by atoms with Gasteiger partial charge in [0.1, 0.15) is 5.69 Å². The molecule has 0 spiro atoms. The molecule has 1 aliphatic carbocycles. The summed E-state index contributed by atoms with van der Waals surface area (Å²) in [6, 6.07) is 12.0. The summed E-state index contributed by atoms with van der Waals surface area (Å²) in [5.74, 6) is 1.45. The van der Waals surface area contributed by atoms with Crippen LogP contribution in [0.4, 0.5) is 0 Å². The van der Waals surface area contributed by atoms with E-state index in [1.807, 2.05) is 43.3 Å². The average molecular weight is 309 g/mol. The monoisotopic (exact) mass is 309 g/mol. The summed E-state index contributed by atoms with van der Waals surface area (Å²) in [5.41, 5.74) is 8.64. The number of H-pyrrole nitrogens is 1. The SMILES string of the molecule is C[C@@](N)(Cc1ccccc1)c1nnc(-c2cc(C3CC3)n[nH]2)o1. The summed E-state index contributed by atoms with van der Waals surface area (Å²) in [7, 11) is 0. The Morgan fingerprint density at radius 3 is 2.78 bits per heavy atom. The maximum absolute atomic E-state index is 6.40. The maximum Gasteiger partial charge on any atom is 0.265 e. The molecule has 118 valence electrons. The van der Waals surface area contributed by atoms with E-state index in [1.165, 1.54) is 12.8 Å². The molecule has 1 saturated carbocycles. The molecule has 0 amide bonds. The number of nitrogens with zero attached hydrogens (tertiary/aromatic N) is 3. The van der Waals surface area contributed by atoms with Crippen molar-refractivity contribution in [3.8, 4) is 11.6 Å². The lowest BCUT2D eigenvalue weighted by atomic mass is 9.94. The lowest BCUT2D eigenvalue weighted by Crippen LogP contribution is -2.35. The molecule has 0 radical (unpaired) electrons. The Kier molecular flexibility index (Phi) is 3.27. The maximum atomic E-state index is 6.40. The zero-order valence-electron chi connectivity index (χ0n) is 13.0. The van der Waals surface area contributed by atoms with Gasteiger partial charge in [-0.3, -0.25) is 5.10 Å². The van der Waals surface area contributed by atoms with Gasteiger partial charge >= 0.3 is 0 Å². The van der Waals surface area contributed by atoms with Gasteiger partial charge < -0.3 is 10.2 Å². The van der Waals surface area contributed by atoms with Gasteiger partial charge in [0, 0.05) is 5.92 Å². The summed E-state index contributed by atoms with van der Waals surface area (Å²) in [4.78, 5) is 0. The molecule has 3 N–H and O–H groups in total. The predicted octanol–water partition coefficient (Wildman–Crippen LogP) is 2.75. The fourth-order valence-electron chi connectivity index (χ4n) is 2.69. The highest BCUT2D eigenvalue weighted by atomic mass is 16.4. The van der Waals surface area contributed by atoms with Gasteiger partial charge in [0.25, 0.3) is 5.89 Å². The molecule has 0 aliphatic heterocycles. The van der Waals surface area contributed by atoms with Crippen LogP contribution in [0.5, 0.6) is 0 Å². The van der Waals surface area contributed by atoms with Crippen LogP contribution >= 0.6 is 0 Å². The zero-order valence-corrected chi connectivity index (χ0v) is 13.0. The number of benzene rings is 1.